The molecule has 0 aliphatic carbocycles. The summed E-state index contributed by atoms with van der Waals surface area (Å²) in [6.45, 7) is 5.87. The van der Waals surface area contributed by atoms with Gasteiger partial charge in [-0.2, -0.15) is 0 Å². The van der Waals surface area contributed by atoms with Crippen LogP contribution >= 0.6 is 11.3 Å². The predicted molar refractivity (Wildman–Crippen MR) is 218 cm³/mol. The molecule has 2 aliphatic heterocycles. The standard InChI is InChI=1S/C43H53N7O4S/c1-2-38(51)44-22-14-9-7-5-3-4-6-8-13-17-39(52)49-26-24-48(25-27-49)37-21-20-34(30-46-37)33-18-19-35-31-50(42(54)36(35)29-33)40(32-15-11-10-12-16-32)41(53)47-43-45-23-28-55-43/h10-12,15-16,18-21,23,28-30,40H,2-9,13-14,17,22,24-27,31H2,1H3,(H,44,51)(H,45,47,53). The Morgan fingerprint density at radius 2 is 1.53 bits per heavy atom. The minimum atomic E-state index is -0.805. The first kappa shape index (κ1) is 39.6. The van der Waals surface area contributed by atoms with Gasteiger partial charge in [-0.1, -0.05) is 94.3 Å². The summed E-state index contributed by atoms with van der Waals surface area (Å²) in [5.74, 6) is 0.767. The summed E-state index contributed by atoms with van der Waals surface area (Å²) in [6, 6.07) is 18.5. The number of benzene rings is 2. The molecule has 0 saturated carbocycles. The third-order valence-corrected chi connectivity index (χ3v) is 11.2. The van der Waals surface area contributed by atoms with Crippen molar-refractivity contribution in [2.75, 3.05) is 42.9 Å². The first-order chi connectivity index (χ1) is 26.9. The molecule has 12 heteroatoms. The summed E-state index contributed by atoms with van der Waals surface area (Å²) >= 11 is 1.34. The van der Waals surface area contributed by atoms with E-state index < -0.39 is 6.04 Å². The lowest BCUT2D eigenvalue weighted by molar-refractivity contribution is -0.131. The van der Waals surface area contributed by atoms with E-state index in [0.29, 0.717) is 43.2 Å². The number of thiazole rings is 1. The fraction of sp³-hybridized carbons (Fsp3) is 0.442. The minimum Gasteiger partial charge on any atom is -0.356 e. The highest BCUT2D eigenvalue weighted by atomic mass is 32.1. The molecule has 2 N–H and O–H groups in total. The molecule has 2 aromatic carbocycles. The van der Waals surface area contributed by atoms with Crippen LogP contribution in [0.2, 0.25) is 0 Å². The molecule has 6 rings (SSSR count). The molecular formula is C43H53N7O4S. The largest absolute Gasteiger partial charge is 0.356 e. The van der Waals surface area contributed by atoms with Crippen LogP contribution in [0.1, 0.15) is 105 Å². The number of fused-ring (bicyclic) bond motifs is 1. The van der Waals surface area contributed by atoms with E-state index in [1.807, 2.05) is 78.7 Å². The van der Waals surface area contributed by atoms with Crippen molar-refractivity contribution in [2.24, 2.45) is 0 Å². The maximum atomic E-state index is 13.9. The summed E-state index contributed by atoms with van der Waals surface area (Å²) in [7, 11) is 0. The van der Waals surface area contributed by atoms with Crippen LogP contribution in [0.4, 0.5) is 10.9 Å². The van der Waals surface area contributed by atoms with Gasteiger partial charge in [0.25, 0.3) is 11.8 Å². The van der Waals surface area contributed by atoms with E-state index in [9.17, 15) is 19.2 Å². The number of hydrogen-bond acceptors (Lipinski definition) is 8. The number of rotatable bonds is 19. The molecule has 1 atom stereocenters. The number of nitrogens with zero attached hydrogens (tertiary/aromatic N) is 5. The second kappa shape index (κ2) is 20.0. The normalized spacial score (nSPS) is 14.5. The van der Waals surface area contributed by atoms with Crippen LogP contribution in [0, 0.1) is 0 Å². The van der Waals surface area contributed by atoms with E-state index >= 15 is 0 Å². The van der Waals surface area contributed by atoms with Crippen molar-refractivity contribution in [3.8, 4) is 11.1 Å². The van der Waals surface area contributed by atoms with Crippen LogP contribution in [-0.4, -0.2) is 76.1 Å². The number of carbonyl (C=O) groups excluding carboxylic acids is 4. The van der Waals surface area contributed by atoms with Crippen molar-refractivity contribution in [3.63, 3.8) is 0 Å². The van der Waals surface area contributed by atoms with Gasteiger partial charge in [-0.15, -0.1) is 11.3 Å². The number of unbranched alkanes of at least 4 members (excludes halogenated alkanes) is 8. The Morgan fingerprint density at radius 3 is 2.20 bits per heavy atom. The molecule has 2 aliphatic rings. The first-order valence-corrected chi connectivity index (χ1v) is 20.7. The van der Waals surface area contributed by atoms with Crippen LogP contribution in [0.25, 0.3) is 11.1 Å². The van der Waals surface area contributed by atoms with Crippen LogP contribution in [0.3, 0.4) is 0 Å². The molecule has 0 bridgehead atoms. The van der Waals surface area contributed by atoms with Crippen molar-refractivity contribution in [1.29, 1.82) is 0 Å². The highest BCUT2D eigenvalue weighted by molar-refractivity contribution is 7.13. The molecule has 290 valence electrons. The molecule has 55 heavy (non-hydrogen) atoms. The summed E-state index contributed by atoms with van der Waals surface area (Å²) in [4.78, 5) is 66.4. The fourth-order valence-electron chi connectivity index (χ4n) is 7.36. The van der Waals surface area contributed by atoms with E-state index in [0.717, 1.165) is 67.0 Å². The number of amides is 4. The van der Waals surface area contributed by atoms with Gasteiger partial charge in [0.1, 0.15) is 11.9 Å². The predicted octanol–water partition coefficient (Wildman–Crippen LogP) is 7.62. The number of nitrogens with one attached hydrogen (secondary N) is 2. The monoisotopic (exact) mass is 763 g/mol. The Labute approximate surface area is 328 Å². The molecule has 0 spiro atoms. The Morgan fingerprint density at radius 1 is 0.818 bits per heavy atom. The van der Waals surface area contributed by atoms with Gasteiger partial charge < -0.3 is 20.0 Å². The molecule has 1 unspecified atom stereocenters. The number of anilines is 2. The van der Waals surface area contributed by atoms with Gasteiger partial charge in [0.2, 0.25) is 11.8 Å². The van der Waals surface area contributed by atoms with E-state index in [4.69, 9.17) is 4.98 Å². The van der Waals surface area contributed by atoms with Crippen LogP contribution in [0.5, 0.6) is 0 Å². The number of aromatic nitrogens is 2. The van der Waals surface area contributed by atoms with Crippen molar-refractivity contribution in [2.45, 2.75) is 90.1 Å². The molecule has 4 heterocycles. The molecule has 11 nitrogen and oxygen atoms in total. The van der Waals surface area contributed by atoms with Gasteiger partial charge >= 0.3 is 0 Å². The van der Waals surface area contributed by atoms with E-state index in [1.165, 1.54) is 49.9 Å². The molecule has 4 amide bonds. The lowest BCUT2D eigenvalue weighted by Crippen LogP contribution is -2.49. The number of piperazine rings is 1. The maximum absolute atomic E-state index is 13.9. The first-order valence-electron chi connectivity index (χ1n) is 19.9. The average Bonchev–Trinajstić information content (AvgIpc) is 3.85. The van der Waals surface area contributed by atoms with Crippen molar-refractivity contribution < 1.29 is 19.2 Å². The fourth-order valence-corrected chi connectivity index (χ4v) is 7.89. The zero-order valence-corrected chi connectivity index (χ0v) is 32.7. The average molecular weight is 764 g/mol. The molecule has 1 fully saturated rings. The lowest BCUT2D eigenvalue weighted by Gasteiger charge is -2.35. The van der Waals surface area contributed by atoms with Gasteiger partial charge in [0.05, 0.1) is 0 Å². The summed E-state index contributed by atoms with van der Waals surface area (Å²) in [6.07, 6.45) is 15.0. The third-order valence-electron chi connectivity index (χ3n) is 10.5. The molecular weight excluding hydrogens is 711 g/mol. The van der Waals surface area contributed by atoms with Crippen LogP contribution in [0.15, 0.2) is 78.4 Å². The highest BCUT2D eigenvalue weighted by Gasteiger charge is 2.38. The topological polar surface area (TPSA) is 128 Å². The van der Waals surface area contributed by atoms with Gasteiger partial charge in [-0.25, -0.2) is 9.97 Å². The van der Waals surface area contributed by atoms with E-state index in [1.54, 1.807) is 16.5 Å². The third kappa shape index (κ3) is 10.8. The maximum Gasteiger partial charge on any atom is 0.255 e. The summed E-state index contributed by atoms with van der Waals surface area (Å²) in [5, 5.41) is 8.11. The second-order valence-corrected chi connectivity index (χ2v) is 15.2. The SMILES string of the molecule is CCC(=O)NCCCCCCCCCCCC(=O)N1CCN(c2ccc(-c3ccc4c(c3)C(=O)N(C(C(=O)Nc3nccs3)c3ccccc3)C4)cn2)CC1. The second-order valence-electron chi connectivity index (χ2n) is 14.4. The minimum absolute atomic E-state index is 0.134. The van der Waals surface area contributed by atoms with E-state index in [2.05, 4.69) is 20.5 Å². The molecule has 4 aromatic rings. The van der Waals surface area contributed by atoms with Gasteiger partial charge in [-0.05, 0) is 47.7 Å². The van der Waals surface area contributed by atoms with Crippen LogP contribution in [-0.2, 0) is 20.9 Å². The van der Waals surface area contributed by atoms with Gasteiger partial charge in [0, 0.05) is 81.0 Å². The lowest BCUT2D eigenvalue weighted by atomic mass is 10.0. The number of pyridine rings is 1. The van der Waals surface area contributed by atoms with Gasteiger partial charge in [-0.3, -0.25) is 24.5 Å². The van der Waals surface area contributed by atoms with E-state index in [-0.39, 0.29) is 23.6 Å². The number of carbonyl (C=O) groups is 4. The Kier molecular flexibility index (Phi) is 14.4. The smallest absolute Gasteiger partial charge is 0.255 e. The Hall–Kier alpha value is -5.10. The van der Waals surface area contributed by atoms with Gasteiger partial charge in [0.15, 0.2) is 5.13 Å². The summed E-state index contributed by atoms with van der Waals surface area (Å²) < 4.78 is 0. The zero-order valence-electron chi connectivity index (χ0n) is 31.9. The van der Waals surface area contributed by atoms with Crippen molar-refractivity contribution in [3.05, 3.63) is 95.1 Å². The highest BCUT2D eigenvalue weighted by Crippen LogP contribution is 2.35. The van der Waals surface area contributed by atoms with Crippen LogP contribution < -0.4 is 15.5 Å². The summed E-state index contributed by atoms with van der Waals surface area (Å²) in [5.41, 5.74) is 3.99. The molecule has 1 saturated heterocycles. The zero-order chi connectivity index (χ0) is 38.4. The Balaban J connectivity index is 0.932. The molecule has 2 aromatic heterocycles. The Bertz CT molecular complexity index is 1860. The quantitative estimate of drug-likeness (QED) is 0.0942. The molecule has 0 radical (unpaired) electrons. The van der Waals surface area contributed by atoms with Crippen molar-refractivity contribution in [1.82, 2.24) is 25.1 Å². The number of hydrogen-bond donors (Lipinski definition) is 2. The van der Waals surface area contributed by atoms with Crippen molar-refractivity contribution >= 4 is 45.9 Å².